The van der Waals surface area contributed by atoms with Crippen LogP contribution in [-0.2, 0) is 0 Å². The monoisotopic (exact) mass is 320 g/mol. The molecule has 0 bridgehead atoms. The average molecular weight is 320 g/mol. The van der Waals surface area contributed by atoms with Crippen molar-refractivity contribution >= 4 is 10.8 Å². The number of hydrogen-bond donors (Lipinski definition) is 1. The van der Waals surface area contributed by atoms with Crippen LogP contribution in [0.15, 0.2) is 41.1 Å². The lowest BCUT2D eigenvalue weighted by Crippen LogP contribution is -2.30. The lowest BCUT2D eigenvalue weighted by Gasteiger charge is -2.24. The van der Waals surface area contributed by atoms with Crippen molar-refractivity contribution < 1.29 is 4.52 Å². The highest BCUT2D eigenvalue weighted by atomic mass is 16.5. The Bertz CT molecular complexity index is 855. The van der Waals surface area contributed by atoms with Gasteiger partial charge in [-0.15, -0.1) is 0 Å². The van der Waals surface area contributed by atoms with Crippen molar-refractivity contribution in [2.24, 2.45) is 5.92 Å². The second-order valence-electron chi connectivity index (χ2n) is 6.94. The minimum absolute atomic E-state index is 0.189. The van der Waals surface area contributed by atoms with E-state index < -0.39 is 0 Å². The normalized spacial score (nSPS) is 26.6. The quantitative estimate of drug-likeness (QED) is 0.776. The summed E-state index contributed by atoms with van der Waals surface area (Å²) in [4.78, 5) is 9.15. The highest BCUT2D eigenvalue weighted by molar-refractivity contribution is 5.92. The molecule has 1 saturated heterocycles. The Hall–Kier alpha value is -2.27. The van der Waals surface area contributed by atoms with Gasteiger partial charge in [-0.2, -0.15) is 4.98 Å². The second kappa shape index (κ2) is 5.67. The van der Waals surface area contributed by atoms with Crippen molar-refractivity contribution in [3.8, 4) is 11.5 Å². The molecule has 0 spiro atoms. The topological polar surface area (TPSA) is 63.8 Å². The Morgan fingerprint density at radius 1 is 1.08 bits per heavy atom. The highest BCUT2D eigenvalue weighted by Crippen LogP contribution is 2.39. The van der Waals surface area contributed by atoms with Gasteiger partial charge in [-0.25, -0.2) is 0 Å². The van der Waals surface area contributed by atoms with Crippen molar-refractivity contribution in [1.29, 1.82) is 0 Å². The van der Waals surface area contributed by atoms with Crippen molar-refractivity contribution in [3.63, 3.8) is 0 Å². The molecule has 1 aliphatic carbocycles. The number of pyridine rings is 1. The molecular formula is C19H20N4O. The third kappa shape index (κ3) is 2.31. The second-order valence-corrected chi connectivity index (χ2v) is 6.94. The Morgan fingerprint density at radius 2 is 2.00 bits per heavy atom. The molecule has 5 heteroatoms. The van der Waals surface area contributed by atoms with Crippen LogP contribution < -0.4 is 5.32 Å². The maximum absolute atomic E-state index is 5.59. The van der Waals surface area contributed by atoms with Gasteiger partial charge >= 0.3 is 0 Å². The standard InChI is InChI=1S/C19H20N4O/c1-3-7-14-12(5-1)9-10-20-17(14)18-22-19(24-23-18)16-11-13-6-2-4-8-15(13)21-16/h1,3,5,7,9-10,13,15-16,21H,2,4,6,8,11H2. The summed E-state index contributed by atoms with van der Waals surface area (Å²) in [5.41, 5.74) is 0.790. The van der Waals surface area contributed by atoms with Gasteiger partial charge < -0.3 is 9.84 Å². The number of rotatable bonds is 2. The molecule has 3 unspecified atom stereocenters. The summed E-state index contributed by atoms with van der Waals surface area (Å²) in [5.74, 6) is 2.04. The lowest BCUT2D eigenvalue weighted by molar-refractivity contribution is 0.324. The Morgan fingerprint density at radius 3 is 2.96 bits per heavy atom. The van der Waals surface area contributed by atoms with E-state index in [1.54, 1.807) is 6.20 Å². The van der Waals surface area contributed by atoms with Gasteiger partial charge in [0.25, 0.3) is 0 Å². The summed E-state index contributed by atoms with van der Waals surface area (Å²) < 4.78 is 5.59. The number of fused-ring (bicyclic) bond motifs is 2. The first kappa shape index (κ1) is 14.1. The van der Waals surface area contributed by atoms with E-state index in [1.807, 2.05) is 18.2 Å². The molecule has 2 aromatic heterocycles. The number of nitrogens with one attached hydrogen (secondary N) is 1. The van der Waals surface area contributed by atoms with Gasteiger partial charge in [0, 0.05) is 17.6 Å². The molecule has 2 fully saturated rings. The van der Waals surface area contributed by atoms with Crippen LogP contribution in [0.25, 0.3) is 22.3 Å². The molecule has 1 N–H and O–H groups in total. The molecule has 3 heterocycles. The zero-order valence-corrected chi connectivity index (χ0v) is 13.5. The first-order valence-electron chi connectivity index (χ1n) is 8.82. The molecule has 1 aromatic carbocycles. The van der Waals surface area contributed by atoms with Gasteiger partial charge in [0.1, 0.15) is 5.69 Å². The highest BCUT2D eigenvalue weighted by Gasteiger charge is 2.38. The van der Waals surface area contributed by atoms with Crippen LogP contribution in [0.4, 0.5) is 0 Å². The minimum atomic E-state index is 0.189. The summed E-state index contributed by atoms with van der Waals surface area (Å²) in [6, 6.07) is 11.0. The van der Waals surface area contributed by atoms with Crippen LogP contribution in [0, 0.1) is 5.92 Å². The molecule has 122 valence electrons. The molecule has 0 radical (unpaired) electrons. The zero-order chi connectivity index (χ0) is 15.9. The Labute approximate surface area is 140 Å². The number of aromatic nitrogens is 3. The fraction of sp³-hybridized carbons (Fsp3) is 0.421. The van der Waals surface area contributed by atoms with E-state index in [-0.39, 0.29) is 6.04 Å². The minimum Gasteiger partial charge on any atom is -0.337 e. The summed E-state index contributed by atoms with van der Waals surface area (Å²) in [5, 5.41) is 10.1. The van der Waals surface area contributed by atoms with E-state index in [1.165, 1.54) is 25.7 Å². The zero-order valence-electron chi connectivity index (χ0n) is 13.5. The molecule has 1 saturated carbocycles. The van der Waals surface area contributed by atoms with Crippen molar-refractivity contribution in [1.82, 2.24) is 20.4 Å². The van der Waals surface area contributed by atoms with Crippen molar-refractivity contribution in [2.75, 3.05) is 0 Å². The van der Waals surface area contributed by atoms with Crippen LogP contribution in [0.3, 0.4) is 0 Å². The van der Waals surface area contributed by atoms with Gasteiger partial charge in [-0.1, -0.05) is 42.3 Å². The fourth-order valence-electron chi connectivity index (χ4n) is 4.28. The first-order valence-corrected chi connectivity index (χ1v) is 8.82. The number of nitrogens with zero attached hydrogens (tertiary/aromatic N) is 3. The van der Waals surface area contributed by atoms with Crippen LogP contribution in [-0.4, -0.2) is 21.2 Å². The van der Waals surface area contributed by atoms with Gasteiger partial charge in [0.05, 0.1) is 6.04 Å². The van der Waals surface area contributed by atoms with E-state index in [2.05, 4.69) is 32.6 Å². The van der Waals surface area contributed by atoms with E-state index >= 15 is 0 Å². The van der Waals surface area contributed by atoms with Crippen molar-refractivity contribution in [3.05, 3.63) is 42.4 Å². The van der Waals surface area contributed by atoms with Gasteiger partial charge in [0.2, 0.25) is 11.7 Å². The summed E-state index contributed by atoms with van der Waals surface area (Å²) in [6.07, 6.45) is 8.18. The fourth-order valence-corrected chi connectivity index (χ4v) is 4.28. The third-order valence-electron chi connectivity index (χ3n) is 5.49. The summed E-state index contributed by atoms with van der Waals surface area (Å²) in [6.45, 7) is 0. The molecule has 3 aromatic rings. The van der Waals surface area contributed by atoms with Crippen LogP contribution >= 0.6 is 0 Å². The molecule has 0 amide bonds. The molecule has 24 heavy (non-hydrogen) atoms. The average Bonchev–Trinajstić information content (AvgIpc) is 3.28. The molecular weight excluding hydrogens is 300 g/mol. The van der Waals surface area contributed by atoms with E-state index in [0.29, 0.717) is 17.8 Å². The first-order chi connectivity index (χ1) is 11.9. The van der Waals surface area contributed by atoms with Crippen LogP contribution in [0.1, 0.15) is 44.0 Å². The SMILES string of the molecule is c1ccc2c(-c3noc(C4CC5CCCCC5N4)n3)nccc2c1. The van der Waals surface area contributed by atoms with E-state index in [0.717, 1.165) is 28.8 Å². The van der Waals surface area contributed by atoms with E-state index in [9.17, 15) is 0 Å². The maximum atomic E-state index is 5.59. The molecule has 3 atom stereocenters. The van der Waals surface area contributed by atoms with E-state index in [4.69, 9.17) is 4.52 Å². The third-order valence-corrected chi connectivity index (χ3v) is 5.49. The number of benzene rings is 1. The van der Waals surface area contributed by atoms with Crippen molar-refractivity contribution in [2.45, 2.75) is 44.2 Å². The largest absolute Gasteiger partial charge is 0.337 e. The summed E-state index contributed by atoms with van der Waals surface area (Å²) >= 11 is 0. The molecule has 1 aliphatic heterocycles. The predicted octanol–water partition coefficient (Wildman–Crippen LogP) is 3.88. The van der Waals surface area contributed by atoms with Gasteiger partial charge in [-0.05, 0) is 36.6 Å². The number of hydrogen-bond acceptors (Lipinski definition) is 5. The lowest BCUT2D eigenvalue weighted by atomic mass is 9.85. The molecule has 5 rings (SSSR count). The predicted molar refractivity (Wildman–Crippen MR) is 91.3 cm³/mol. The Balaban J connectivity index is 1.47. The molecule has 5 nitrogen and oxygen atoms in total. The van der Waals surface area contributed by atoms with Gasteiger partial charge in [-0.3, -0.25) is 4.98 Å². The summed E-state index contributed by atoms with van der Waals surface area (Å²) in [7, 11) is 0. The van der Waals surface area contributed by atoms with Crippen LogP contribution in [0.5, 0.6) is 0 Å². The Kier molecular flexibility index (Phi) is 3.33. The maximum Gasteiger partial charge on any atom is 0.244 e. The van der Waals surface area contributed by atoms with Gasteiger partial charge in [0.15, 0.2) is 0 Å². The smallest absolute Gasteiger partial charge is 0.244 e. The molecule has 2 aliphatic rings. The van der Waals surface area contributed by atoms with Crippen LogP contribution in [0.2, 0.25) is 0 Å².